The fraction of sp³-hybridized carbons (Fsp3) is 0. The molecule has 0 aromatic heterocycles. The van der Waals surface area contributed by atoms with E-state index >= 15 is 0 Å². The summed E-state index contributed by atoms with van der Waals surface area (Å²) < 4.78 is 25.4. The summed E-state index contributed by atoms with van der Waals surface area (Å²) in [4.78, 5) is 0. The van der Waals surface area contributed by atoms with Gasteiger partial charge in [-0.15, -0.1) is 0 Å². The highest BCUT2D eigenvalue weighted by Gasteiger charge is 2.07. The highest BCUT2D eigenvalue weighted by atomic mass is 32.2. The molecule has 0 fully saturated rings. The van der Waals surface area contributed by atoms with Gasteiger partial charge in [-0.3, -0.25) is 0 Å². The number of phenols is 1. The van der Waals surface area contributed by atoms with Crippen molar-refractivity contribution in [2.45, 2.75) is 0 Å². The van der Waals surface area contributed by atoms with Crippen LogP contribution < -0.4 is 4.18 Å². The van der Waals surface area contributed by atoms with E-state index in [1.165, 1.54) is 6.07 Å². The van der Waals surface area contributed by atoms with Crippen molar-refractivity contribution >= 4 is 22.1 Å². The van der Waals surface area contributed by atoms with Crippen LogP contribution in [0.2, 0.25) is 0 Å². The van der Waals surface area contributed by atoms with Gasteiger partial charge in [-0.05, 0) is 11.5 Å². The van der Waals surface area contributed by atoms with Gasteiger partial charge in [0.25, 0.3) is 0 Å². The summed E-state index contributed by atoms with van der Waals surface area (Å²) in [6, 6.07) is 10.1. The third-order valence-electron chi connectivity index (χ3n) is 2.01. The SMILES string of the molecule is O=S([O-])Oc1c(O)ccc2ccccc12. The van der Waals surface area contributed by atoms with E-state index in [-0.39, 0.29) is 11.5 Å². The van der Waals surface area contributed by atoms with Crippen LogP contribution in [0, 0.1) is 0 Å². The van der Waals surface area contributed by atoms with Crippen molar-refractivity contribution in [2.75, 3.05) is 0 Å². The number of hydrogen-bond acceptors (Lipinski definition) is 4. The van der Waals surface area contributed by atoms with Crippen molar-refractivity contribution in [1.82, 2.24) is 0 Å². The predicted octanol–water partition coefficient (Wildman–Crippen LogP) is 1.72. The van der Waals surface area contributed by atoms with Crippen LogP contribution in [0.25, 0.3) is 10.8 Å². The monoisotopic (exact) mass is 223 g/mol. The third-order valence-corrected chi connectivity index (χ3v) is 2.31. The van der Waals surface area contributed by atoms with Gasteiger partial charge in [-0.25, -0.2) is 4.21 Å². The Hall–Kier alpha value is -1.59. The lowest BCUT2D eigenvalue weighted by molar-refractivity contribution is 0.412. The zero-order valence-electron chi connectivity index (χ0n) is 7.54. The van der Waals surface area contributed by atoms with Gasteiger partial charge >= 0.3 is 0 Å². The molecule has 1 unspecified atom stereocenters. The molecule has 2 aromatic carbocycles. The molecule has 0 bridgehead atoms. The normalized spacial score (nSPS) is 12.6. The summed E-state index contributed by atoms with van der Waals surface area (Å²) in [5.74, 6) is -0.237. The Bertz CT molecular complexity index is 524. The van der Waals surface area contributed by atoms with Crippen molar-refractivity contribution < 1.29 is 18.1 Å². The second-order valence-electron chi connectivity index (χ2n) is 2.92. The number of benzene rings is 2. The molecule has 0 saturated carbocycles. The summed E-state index contributed by atoms with van der Waals surface area (Å²) in [7, 11) is 0. The highest BCUT2D eigenvalue weighted by molar-refractivity contribution is 7.74. The molecule has 15 heavy (non-hydrogen) atoms. The highest BCUT2D eigenvalue weighted by Crippen LogP contribution is 2.34. The third kappa shape index (κ3) is 1.93. The minimum Gasteiger partial charge on any atom is -0.740 e. The van der Waals surface area contributed by atoms with Gasteiger partial charge in [-0.2, -0.15) is 0 Å². The van der Waals surface area contributed by atoms with Crippen LogP contribution in [0.3, 0.4) is 0 Å². The van der Waals surface area contributed by atoms with E-state index in [2.05, 4.69) is 4.18 Å². The summed E-state index contributed by atoms with van der Waals surface area (Å²) in [5.41, 5.74) is 0. The van der Waals surface area contributed by atoms with Crippen LogP contribution in [-0.2, 0) is 11.4 Å². The van der Waals surface area contributed by atoms with Gasteiger partial charge < -0.3 is 13.8 Å². The molecule has 2 aromatic rings. The lowest BCUT2D eigenvalue weighted by Crippen LogP contribution is -1.98. The number of hydrogen-bond donors (Lipinski definition) is 1. The van der Waals surface area contributed by atoms with Crippen LogP contribution in [0.1, 0.15) is 0 Å². The van der Waals surface area contributed by atoms with E-state index < -0.39 is 11.4 Å². The van der Waals surface area contributed by atoms with E-state index in [4.69, 9.17) is 0 Å². The van der Waals surface area contributed by atoms with E-state index in [1.54, 1.807) is 24.3 Å². The number of aromatic hydroxyl groups is 1. The molecular weight excluding hydrogens is 216 g/mol. The van der Waals surface area contributed by atoms with Gasteiger partial charge in [0, 0.05) is 5.39 Å². The second-order valence-corrected chi connectivity index (χ2v) is 3.50. The van der Waals surface area contributed by atoms with Crippen LogP contribution in [-0.4, -0.2) is 13.9 Å². The molecule has 0 amide bonds. The molecule has 0 radical (unpaired) electrons. The Morgan fingerprint density at radius 1 is 1.20 bits per heavy atom. The van der Waals surface area contributed by atoms with Crippen LogP contribution >= 0.6 is 0 Å². The van der Waals surface area contributed by atoms with Crippen LogP contribution in [0.4, 0.5) is 0 Å². The molecule has 2 rings (SSSR count). The van der Waals surface area contributed by atoms with Crippen LogP contribution in [0.5, 0.6) is 11.5 Å². The molecule has 5 heteroatoms. The lowest BCUT2D eigenvalue weighted by atomic mass is 10.1. The first-order chi connectivity index (χ1) is 7.18. The second kappa shape index (κ2) is 3.88. The van der Waals surface area contributed by atoms with E-state index in [0.717, 1.165) is 5.39 Å². The first kappa shape index (κ1) is 9.95. The molecule has 0 heterocycles. The molecular formula is C10H7O4S-. The summed E-state index contributed by atoms with van der Waals surface area (Å²) in [5, 5.41) is 10.8. The maximum Gasteiger partial charge on any atom is 0.188 e. The Morgan fingerprint density at radius 3 is 2.67 bits per heavy atom. The average Bonchev–Trinajstić information content (AvgIpc) is 2.22. The molecule has 0 saturated heterocycles. The van der Waals surface area contributed by atoms with Gasteiger partial charge in [0.2, 0.25) is 0 Å². The molecule has 1 atom stereocenters. The average molecular weight is 223 g/mol. The molecule has 0 aliphatic rings. The smallest absolute Gasteiger partial charge is 0.188 e. The first-order valence-electron chi connectivity index (χ1n) is 4.17. The Labute approximate surface area is 88.6 Å². The van der Waals surface area contributed by atoms with E-state index in [0.29, 0.717) is 5.39 Å². The van der Waals surface area contributed by atoms with Crippen molar-refractivity contribution in [3.8, 4) is 11.5 Å². The summed E-state index contributed by atoms with van der Waals surface area (Å²) in [6.07, 6.45) is 0. The summed E-state index contributed by atoms with van der Waals surface area (Å²) in [6.45, 7) is 0. The van der Waals surface area contributed by atoms with Crippen molar-refractivity contribution in [2.24, 2.45) is 0 Å². The topological polar surface area (TPSA) is 69.6 Å². The lowest BCUT2D eigenvalue weighted by Gasteiger charge is -2.11. The maximum absolute atomic E-state index is 10.4. The molecule has 78 valence electrons. The van der Waals surface area contributed by atoms with E-state index in [1.807, 2.05) is 6.07 Å². The Balaban J connectivity index is 2.68. The molecule has 1 N–H and O–H groups in total. The predicted molar refractivity (Wildman–Crippen MR) is 55.2 cm³/mol. The minimum atomic E-state index is -2.69. The largest absolute Gasteiger partial charge is 0.740 e. The van der Waals surface area contributed by atoms with Gasteiger partial charge in [-0.1, -0.05) is 30.3 Å². The molecule has 4 nitrogen and oxygen atoms in total. The maximum atomic E-state index is 10.4. The van der Waals surface area contributed by atoms with Crippen molar-refractivity contribution in [3.05, 3.63) is 36.4 Å². The number of phenolic OH excluding ortho intramolecular Hbond substituents is 1. The number of fused-ring (bicyclic) bond motifs is 1. The van der Waals surface area contributed by atoms with Gasteiger partial charge in [0.05, 0.1) is 0 Å². The number of rotatable bonds is 2. The fourth-order valence-electron chi connectivity index (χ4n) is 1.39. The van der Waals surface area contributed by atoms with Crippen LogP contribution in [0.15, 0.2) is 36.4 Å². The van der Waals surface area contributed by atoms with Gasteiger partial charge in [0.15, 0.2) is 11.5 Å². The quantitative estimate of drug-likeness (QED) is 0.787. The zero-order chi connectivity index (χ0) is 10.8. The molecule has 0 spiro atoms. The Morgan fingerprint density at radius 2 is 1.93 bits per heavy atom. The zero-order valence-corrected chi connectivity index (χ0v) is 8.36. The minimum absolute atomic E-state index is 0.0403. The van der Waals surface area contributed by atoms with Gasteiger partial charge in [0.1, 0.15) is 11.4 Å². The molecule has 0 aliphatic heterocycles. The van der Waals surface area contributed by atoms with Crippen molar-refractivity contribution in [3.63, 3.8) is 0 Å². The van der Waals surface area contributed by atoms with E-state index in [9.17, 15) is 13.9 Å². The first-order valence-corrected chi connectivity index (χ1v) is 5.17. The molecule has 0 aliphatic carbocycles. The fourth-order valence-corrected chi connectivity index (χ4v) is 1.70. The standard InChI is InChI=1S/C10H8O4S/c11-9-6-5-7-3-1-2-4-8(7)10(9)14-15(12)13/h1-6,11H,(H,12,13)/p-1. The Kier molecular flexibility index (Phi) is 2.57. The van der Waals surface area contributed by atoms with Crippen molar-refractivity contribution in [1.29, 1.82) is 0 Å². The summed E-state index contributed by atoms with van der Waals surface area (Å²) >= 11 is -2.69.